The monoisotopic (exact) mass is 420 g/mol. The summed E-state index contributed by atoms with van der Waals surface area (Å²) in [6.45, 7) is 0.453. The van der Waals surface area contributed by atoms with Crippen molar-refractivity contribution in [2.24, 2.45) is 0 Å². The molecule has 146 valence electrons. The number of carbonyl (C=O) groups excluding carboxylic acids is 1. The first kappa shape index (κ1) is 19.6. The van der Waals surface area contributed by atoms with Crippen molar-refractivity contribution in [3.63, 3.8) is 0 Å². The summed E-state index contributed by atoms with van der Waals surface area (Å²) in [7, 11) is 4.82. The number of nitrogens with one attached hydrogen (secondary N) is 1. The van der Waals surface area contributed by atoms with E-state index in [0.717, 1.165) is 26.7 Å². The molecule has 4 aromatic rings. The van der Waals surface area contributed by atoms with Gasteiger partial charge in [0, 0.05) is 18.1 Å². The van der Waals surface area contributed by atoms with E-state index in [-0.39, 0.29) is 5.91 Å². The van der Waals surface area contributed by atoms with E-state index in [0.29, 0.717) is 17.9 Å². The lowest BCUT2D eigenvalue weighted by molar-refractivity contribution is 0.0952. The third kappa shape index (κ3) is 4.04. The molecule has 1 aromatic heterocycles. The van der Waals surface area contributed by atoms with Gasteiger partial charge < -0.3 is 10.1 Å². The van der Waals surface area contributed by atoms with E-state index in [1.54, 1.807) is 41.0 Å². The molecule has 4 rings (SSSR count). The maximum absolute atomic E-state index is 13.0. The number of nitrogens with zero attached hydrogens (tertiary/aromatic N) is 1. The second kappa shape index (κ2) is 8.76. The highest BCUT2D eigenvalue weighted by molar-refractivity contribution is 8.76. The number of hydrogen-bond donors (Lipinski definition) is 1. The van der Waals surface area contributed by atoms with Gasteiger partial charge in [-0.05, 0) is 40.8 Å². The average Bonchev–Trinajstić information content (AvgIpc) is 2.77. The first-order valence-corrected chi connectivity index (χ1v) is 11.7. The third-order valence-corrected chi connectivity index (χ3v) is 6.44. The number of ether oxygens (including phenoxy) is 1. The van der Waals surface area contributed by atoms with E-state index in [9.17, 15) is 4.79 Å². The van der Waals surface area contributed by atoms with Crippen LogP contribution in [0.15, 0.2) is 71.8 Å². The second-order valence-electron chi connectivity index (χ2n) is 6.47. The highest BCUT2D eigenvalue weighted by Gasteiger charge is 2.18. The number of methoxy groups -OCH3 is 1. The Bertz CT molecular complexity index is 1190. The minimum atomic E-state index is -0.143. The molecule has 0 aliphatic rings. The normalized spacial score (nSPS) is 11.0. The van der Waals surface area contributed by atoms with Crippen LogP contribution in [0.2, 0.25) is 0 Å². The Morgan fingerprint density at radius 3 is 2.69 bits per heavy atom. The SMILES string of the molecule is COc1cc(C(=O)NCc2ccc3ccccc3c2)c2cccnc2c1SSC. The summed E-state index contributed by atoms with van der Waals surface area (Å²) in [4.78, 5) is 18.5. The lowest BCUT2D eigenvalue weighted by Gasteiger charge is -2.14. The number of rotatable bonds is 6. The summed E-state index contributed by atoms with van der Waals surface area (Å²) in [6, 6.07) is 20.0. The first-order valence-electron chi connectivity index (χ1n) is 9.13. The topological polar surface area (TPSA) is 51.2 Å². The second-order valence-corrected chi connectivity index (χ2v) is 8.88. The fraction of sp³-hybridized carbons (Fsp3) is 0.130. The van der Waals surface area contributed by atoms with Crippen molar-refractivity contribution in [2.45, 2.75) is 11.4 Å². The molecule has 0 aliphatic heterocycles. The van der Waals surface area contributed by atoms with E-state index < -0.39 is 0 Å². The van der Waals surface area contributed by atoms with E-state index in [4.69, 9.17) is 4.74 Å². The van der Waals surface area contributed by atoms with Gasteiger partial charge >= 0.3 is 0 Å². The van der Waals surface area contributed by atoms with Crippen molar-refractivity contribution in [3.05, 3.63) is 78.0 Å². The largest absolute Gasteiger partial charge is 0.495 e. The molecule has 1 amide bonds. The van der Waals surface area contributed by atoms with Crippen molar-refractivity contribution in [3.8, 4) is 5.75 Å². The lowest BCUT2D eigenvalue weighted by atomic mass is 10.1. The van der Waals surface area contributed by atoms with E-state index >= 15 is 0 Å². The highest BCUT2D eigenvalue weighted by atomic mass is 33.1. The van der Waals surface area contributed by atoms with Gasteiger partial charge in [0.05, 0.1) is 23.1 Å². The molecule has 29 heavy (non-hydrogen) atoms. The fourth-order valence-corrected chi connectivity index (χ4v) is 4.94. The smallest absolute Gasteiger partial charge is 0.252 e. The Hall–Kier alpha value is -2.70. The summed E-state index contributed by atoms with van der Waals surface area (Å²) in [6.07, 6.45) is 3.74. The van der Waals surface area contributed by atoms with Gasteiger partial charge in [0.2, 0.25) is 0 Å². The summed E-state index contributed by atoms with van der Waals surface area (Å²) < 4.78 is 5.55. The number of pyridine rings is 1. The molecule has 0 aliphatic carbocycles. The van der Waals surface area contributed by atoms with Crippen LogP contribution in [-0.2, 0) is 6.54 Å². The maximum atomic E-state index is 13.0. The van der Waals surface area contributed by atoms with Gasteiger partial charge in [-0.1, -0.05) is 64.1 Å². The fourth-order valence-electron chi connectivity index (χ4n) is 3.32. The molecule has 4 nitrogen and oxygen atoms in total. The average molecular weight is 421 g/mol. The molecule has 0 saturated carbocycles. The van der Waals surface area contributed by atoms with Gasteiger partial charge in [0.15, 0.2) is 0 Å². The molecule has 6 heteroatoms. The Labute approximate surface area is 177 Å². The molecule has 0 saturated heterocycles. The Balaban J connectivity index is 1.64. The number of amides is 1. The zero-order valence-electron chi connectivity index (χ0n) is 16.1. The highest BCUT2D eigenvalue weighted by Crippen LogP contribution is 2.41. The Morgan fingerprint density at radius 1 is 1.07 bits per heavy atom. The van der Waals surface area contributed by atoms with E-state index in [2.05, 4.69) is 34.6 Å². The molecular weight excluding hydrogens is 400 g/mol. The van der Waals surface area contributed by atoms with E-state index in [1.165, 1.54) is 5.39 Å². The summed E-state index contributed by atoms with van der Waals surface area (Å²) in [5, 5.41) is 6.21. The number of benzene rings is 3. The van der Waals surface area contributed by atoms with Crippen molar-refractivity contribution in [2.75, 3.05) is 13.4 Å². The lowest BCUT2D eigenvalue weighted by Crippen LogP contribution is -2.23. The summed E-state index contributed by atoms with van der Waals surface area (Å²) in [5.41, 5.74) is 2.40. The summed E-state index contributed by atoms with van der Waals surface area (Å²) >= 11 is 0. The summed E-state index contributed by atoms with van der Waals surface area (Å²) in [5.74, 6) is 0.515. The van der Waals surface area contributed by atoms with E-state index in [1.807, 2.05) is 36.6 Å². The molecule has 0 spiro atoms. The van der Waals surface area contributed by atoms with Crippen LogP contribution >= 0.6 is 21.6 Å². The van der Waals surface area contributed by atoms with Gasteiger partial charge in [0.1, 0.15) is 5.75 Å². The quantitative estimate of drug-likeness (QED) is 0.406. The van der Waals surface area contributed by atoms with Gasteiger partial charge in [-0.2, -0.15) is 0 Å². The van der Waals surface area contributed by atoms with Gasteiger partial charge in [0.25, 0.3) is 5.91 Å². The molecule has 0 bridgehead atoms. The molecule has 3 aromatic carbocycles. The Morgan fingerprint density at radius 2 is 1.90 bits per heavy atom. The van der Waals surface area contributed by atoms with Crippen molar-refractivity contribution in [1.82, 2.24) is 10.3 Å². The number of fused-ring (bicyclic) bond motifs is 2. The molecule has 0 radical (unpaired) electrons. The van der Waals surface area contributed by atoms with Gasteiger partial charge in [-0.15, -0.1) is 0 Å². The molecule has 0 unspecified atom stereocenters. The molecule has 0 fully saturated rings. The first-order chi connectivity index (χ1) is 14.2. The zero-order chi connectivity index (χ0) is 20.2. The molecule has 0 atom stereocenters. The predicted molar refractivity (Wildman–Crippen MR) is 123 cm³/mol. The van der Waals surface area contributed by atoms with Crippen LogP contribution in [0.1, 0.15) is 15.9 Å². The van der Waals surface area contributed by atoms with Crippen molar-refractivity contribution in [1.29, 1.82) is 0 Å². The number of aromatic nitrogens is 1. The zero-order valence-corrected chi connectivity index (χ0v) is 17.8. The third-order valence-electron chi connectivity index (χ3n) is 4.71. The van der Waals surface area contributed by atoms with Gasteiger partial charge in [-0.3, -0.25) is 9.78 Å². The van der Waals surface area contributed by atoms with Crippen LogP contribution in [0, 0.1) is 0 Å². The van der Waals surface area contributed by atoms with Crippen LogP contribution in [0.5, 0.6) is 5.75 Å². The maximum Gasteiger partial charge on any atom is 0.252 e. The number of hydrogen-bond acceptors (Lipinski definition) is 5. The van der Waals surface area contributed by atoms with Crippen molar-refractivity contribution < 1.29 is 9.53 Å². The standard InChI is InChI=1S/C23H20N2O2S2/c1-27-20-13-19(18-8-5-11-24-21(18)22(20)29-28-2)23(26)25-14-15-9-10-16-6-3-4-7-17(16)12-15/h3-13H,14H2,1-2H3,(H,25,26). The molecule has 1 N–H and O–H groups in total. The predicted octanol–water partition coefficient (Wildman–Crippen LogP) is 5.70. The molecular formula is C23H20N2O2S2. The minimum absolute atomic E-state index is 0.143. The van der Waals surface area contributed by atoms with Crippen LogP contribution in [-0.4, -0.2) is 24.3 Å². The number of carbonyl (C=O) groups is 1. The van der Waals surface area contributed by atoms with Crippen LogP contribution in [0.3, 0.4) is 0 Å². The van der Waals surface area contributed by atoms with Crippen molar-refractivity contribution >= 4 is 49.2 Å². The molecule has 1 heterocycles. The minimum Gasteiger partial charge on any atom is -0.495 e. The van der Waals surface area contributed by atoms with Crippen LogP contribution in [0.25, 0.3) is 21.7 Å². The van der Waals surface area contributed by atoms with Crippen LogP contribution in [0.4, 0.5) is 0 Å². The van der Waals surface area contributed by atoms with Gasteiger partial charge in [-0.25, -0.2) is 0 Å². The van der Waals surface area contributed by atoms with Crippen LogP contribution < -0.4 is 10.1 Å². The Kier molecular flexibility index (Phi) is 5.92.